The van der Waals surface area contributed by atoms with E-state index in [9.17, 15) is 15.0 Å². The standard InChI is InChI=1S/C12H16N2O4S/c1-7-11(16)9(8(5-15)3-13-7)4-14-10(6-19-2)12(17)18/h3-4,10,15-16H,5-6H2,1-2H3,(H,17,18)/t10-/m0/s1. The molecule has 0 saturated heterocycles. The first-order valence-corrected chi connectivity index (χ1v) is 6.93. The summed E-state index contributed by atoms with van der Waals surface area (Å²) in [5.74, 6) is -0.782. The van der Waals surface area contributed by atoms with Crippen molar-refractivity contribution in [2.24, 2.45) is 4.99 Å². The van der Waals surface area contributed by atoms with Crippen LogP contribution in [0.2, 0.25) is 0 Å². The second-order valence-electron chi connectivity index (χ2n) is 3.88. The average molecular weight is 284 g/mol. The van der Waals surface area contributed by atoms with Gasteiger partial charge in [0.15, 0.2) is 6.04 Å². The molecule has 1 rings (SSSR count). The average Bonchev–Trinajstić information content (AvgIpc) is 2.38. The number of rotatable bonds is 6. The second kappa shape index (κ2) is 7.10. The number of hydrogen-bond acceptors (Lipinski definition) is 6. The van der Waals surface area contributed by atoms with Gasteiger partial charge in [-0.3, -0.25) is 9.98 Å². The molecule has 0 amide bonds. The summed E-state index contributed by atoms with van der Waals surface area (Å²) in [6.07, 6.45) is 4.50. The van der Waals surface area contributed by atoms with Crippen LogP contribution in [0.25, 0.3) is 0 Å². The van der Waals surface area contributed by atoms with Crippen LogP contribution >= 0.6 is 11.8 Å². The number of carboxylic acids is 1. The molecule has 0 aliphatic carbocycles. The van der Waals surface area contributed by atoms with Crippen LogP contribution in [0, 0.1) is 6.92 Å². The largest absolute Gasteiger partial charge is 0.505 e. The van der Waals surface area contributed by atoms with Gasteiger partial charge >= 0.3 is 5.97 Å². The third-order valence-electron chi connectivity index (χ3n) is 2.52. The van der Waals surface area contributed by atoms with Crippen LogP contribution in [0.3, 0.4) is 0 Å². The quantitative estimate of drug-likeness (QED) is 0.668. The van der Waals surface area contributed by atoms with Crippen LogP contribution in [0.4, 0.5) is 0 Å². The van der Waals surface area contributed by atoms with Gasteiger partial charge in [0, 0.05) is 29.3 Å². The van der Waals surface area contributed by atoms with Gasteiger partial charge in [0.1, 0.15) is 5.75 Å². The molecule has 0 saturated carbocycles. The molecular formula is C12H16N2O4S. The van der Waals surface area contributed by atoms with E-state index < -0.39 is 12.0 Å². The third-order valence-corrected chi connectivity index (χ3v) is 3.17. The summed E-state index contributed by atoms with van der Waals surface area (Å²) in [5, 5.41) is 28.0. The van der Waals surface area contributed by atoms with Crippen molar-refractivity contribution in [1.29, 1.82) is 0 Å². The summed E-state index contributed by atoms with van der Waals surface area (Å²) in [7, 11) is 0. The lowest BCUT2D eigenvalue weighted by Crippen LogP contribution is -2.20. The van der Waals surface area contributed by atoms with Gasteiger partial charge in [-0.15, -0.1) is 0 Å². The van der Waals surface area contributed by atoms with E-state index in [1.165, 1.54) is 24.2 Å². The summed E-state index contributed by atoms with van der Waals surface area (Å²) in [4.78, 5) is 18.8. The van der Waals surface area contributed by atoms with Crippen molar-refractivity contribution in [3.05, 3.63) is 23.0 Å². The number of aryl methyl sites for hydroxylation is 1. The van der Waals surface area contributed by atoms with E-state index in [0.717, 1.165) is 0 Å². The number of aliphatic carboxylic acids is 1. The smallest absolute Gasteiger partial charge is 0.329 e. The number of pyridine rings is 1. The van der Waals surface area contributed by atoms with Gasteiger partial charge in [0.2, 0.25) is 0 Å². The summed E-state index contributed by atoms with van der Waals surface area (Å²) in [6, 6.07) is -0.880. The Bertz CT molecular complexity index is 491. The summed E-state index contributed by atoms with van der Waals surface area (Å²) in [5.41, 5.74) is 1.11. The maximum absolute atomic E-state index is 11.0. The van der Waals surface area contributed by atoms with Crippen LogP contribution in [0.5, 0.6) is 5.75 Å². The van der Waals surface area contributed by atoms with E-state index in [1.54, 1.807) is 13.2 Å². The first kappa shape index (κ1) is 15.5. The van der Waals surface area contributed by atoms with Crippen LogP contribution in [0.15, 0.2) is 11.2 Å². The topological polar surface area (TPSA) is 103 Å². The maximum atomic E-state index is 11.0. The lowest BCUT2D eigenvalue weighted by Gasteiger charge is -2.09. The molecule has 0 aliphatic heterocycles. The van der Waals surface area contributed by atoms with Crippen molar-refractivity contribution < 1.29 is 20.1 Å². The lowest BCUT2D eigenvalue weighted by molar-refractivity contribution is -0.137. The highest BCUT2D eigenvalue weighted by Crippen LogP contribution is 2.22. The van der Waals surface area contributed by atoms with Gasteiger partial charge < -0.3 is 15.3 Å². The highest BCUT2D eigenvalue weighted by atomic mass is 32.2. The highest BCUT2D eigenvalue weighted by Gasteiger charge is 2.15. The predicted molar refractivity (Wildman–Crippen MR) is 74.0 cm³/mol. The molecule has 19 heavy (non-hydrogen) atoms. The number of aromatic hydroxyl groups is 1. The van der Waals surface area contributed by atoms with Crippen molar-refractivity contribution in [3.63, 3.8) is 0 Å². The van der Waals surface area contributed by atoms with Crippen molar-refractivity contribution in [3.8, 4) is 5.75 Å². The number of carboxylic acid groups (broad SMARTS) is 1. The highest BCUT2D eigenvalue weighted by molar-refractivity contribution is 7.98. The number of nitrogens with zero attached hydrogens (tertiary/aromatic N) is 2. The van der Waals surface area contributed by atoms with Gasteiger partial charge in [0.05, 0.1) is 12.3 Å². The van der Waals surface area contributed by atoms with Crippen molar-refractivity contribution >= 4 is 23.9 Å². The molecule has 0 fully saturated rings. The third kappa shape index (κ3) is 3.93. The Balaban J connectivity index is 3.09. The lowest BCUT2D eigenvalue weighted by atomic mass is 10.1. The van der Waals surface area contributed by atoms with Crippen LogP contribution in [-0.4, -0.2) is 50.5 Å². The molecule has 3 N–H and O–H groups in total. The molecule has 0 aromatic carbocycles. The van der Waals surface area contributed by atoms with Gasteiger partial charge in [-0.05, 0) is 13.2 Å². The fourth-order valence-corrected chi connectivity index (χ4v) is 1.97. The Kier molecular flexibility index (Phi) is 5.78. The SMILES string of the molecule is CSC[C@H](N=Cc1c(CO)cnc(C)c1O)C(=O)O. The molecular weight excluding hydrogens is 268 g/mol. The Labute approximate surface area is 115 Å². The Morgan fingerprint density at radius 1 is 1.63 bits per heavy atom. The molecule has 0 aliphatic rings. The van der Waals surface area contributed by atoms with Crippen LogP contribution < -0.4 is 0 Å². The van der Waals surface area contributed by atoms with E-state index in [2.05, 4.69) is 9.98 Å². The molecule has 0 spiro atoms. The summed E-state index contributed by atoms with van der Waals surface area (Å²) < 4.78 is 0. The zero-order valence-corrected chi connectivity index (χ0v) is 11.5. The van der Waals surface area contributed by atoms with Gasteiger partial charge in [-0.1, -0.05) is 0 Å². The monoisotopic (exact) mass is 284 g/mol. The maximum Gasteiger partial charge on any atom is 0.329 e. The van der Waals surface area contributed by atoms with E-state index in [0.29, 0.717) is 22.6 Å². The molecule has 1 heterocycles. The minimum Gasteiger partial charge on any atom is -0.505 e. The molecule has 104 valence electrons. The van der Waals surface area contributed by atoms with E-state index in [1.807, 2.05) is 0 Å². The Morgan fingerprint density at radius 2 is 2.32 bits per heavy atom. The molecule has 6 nitrogen and oxygen atoms in total. The molecule has 1 atom stereocenters. The normalized spacial score (nSPS) is 12.8. The number of aliphatic hydroxyl groups excluding tert-OH is 1. The fourth-order valence-electron chi connectivity index (χ4n) is 1.42. The number of aliphatic hydroxyl groups is 1. The van der Waals surface area contributed by atoms with Gasteiger partial charge in [0.25, 0.3) is 0 Å². The number of carbonyl (C=O) groups is 1. The molecule has 1 aromatic rings. The number of aromatic nitrogens is 1. The van der Waals surface area contributed by atoms with Gasteiger partial charge in [-0.2, -0.15) is 11.8 Å². The van der Waals surface area contributed by atoms with Crippen LogP contribution in [-0.2, 0) is 11.4 Å². The van der Waals surface area contributed by atoms with E-state index >= 15 is 0 Å². The molecule has 0 radical (unpaired) electrons. The van der Waals surface area contributed by atoms with Gasteiger partial charge in [-0.25, -0.2) is 4.79 Å². The number of thioether (sulfide) groups is 1. The van der Waals surface area contributed by atoms with Crippen molar-refractivity contribution in [1.82, 2.24) is 4.98 Å². The molecule has 1 aromatic heterocycles. The van der Waals surface area contributed by atoms with Crippen molar-refractivity contribution in [2.45, 2.75) is 19.6 Å². The molecule has 0 bridgehead atoms. The molecule has 0 unspecified atom stereocenters. The minimum absolute atomic E-state index is 0.0939. The summed E-state index contributed by atoms with van der Waals surface area (Å²) >= 11 is 1.37. The first-order valence-electron chi connectivity index (χ1n) is 5.54. The second-order valence-corrected chi connectivity index (χ2v) is 4.79. The summed E-state index contributed by atoms with van der Waals surface area (Å²) in [6.45, 7) is 1.31. The van der Waals surface area contributed by atoms with Crippen LogP contribution in [0.1, 0.15) is 16.8 Å². The zero-order chi connectivity index (χ0) is 14.4. The molecule has 7 heteroatoms. The fraction of sp³-hybridized carbons (Fsp3) is 0.417. The predicted octanol–water partition coefficient (Wildman–Crippen LogP) is 0.823. The van der Waals surface area contributed by atoms with E-state index in [4.69, 9.17) is 5.11 Å². The number of hydrogen-bond donors (Lipinski definition) is 3. The Morgan fingerprint density at radius 3 is 2.84 bits per heavy atom. The minimum atomic E-state index is -1.03. The Hall–Kier alpha value is -1.60. The van der Waals surface area contributed by atoms with Crippen molar-refractivity contribution in [2.75, 3.05) is 12.0 Å². The zero-order valence-electron chi connectivity index (χ0n) is 10.7. The first-order chi connectivity index (χ1) is 9.01. The van der Waals surface area contributed by atoms with E-state index in [-0.39, 0.29) is 12.4 Å². The number of aliphatic imine (C=N–C) groups is 1.